The van der Waals surface area contributed by atoms with Gasteiger partial charge in [0.05, 0.1) is 0 Å². The summed E-state index contributed by atoms with van der Waals surface area (Å²) in [5, 5.41) is 0.723. The van der Waals surface area contributed by atoms with E-state index in [1.54, 1.807) is 11.8 Å². The van der Waals surface area contributed by atoms with E-state index in [-0.39, 0.29) is 5.56 Å². The molecular weight excluding hydrogens is 256 g/mol. The van der Waals surface area contributed by atoms with Crippen LogP contribution in [-0.2, 0) is 6.42 Å². The van der Waals surface area contributed by atoms with Gasteiger partial charge in [-0.05, 0) is 18.9 Å². The van der Waals surface area contributed by atoms with Crippen molar-refractivity contribution in [1.29, 1.82) is 0 Å². The molecule has 0 aliphatic heterocycles. The van der Waals surface area contributed by atoms with Crippen LogP contribution in [0.3, 0.4) is 0 Å². The highest BCUT2D eigenvalue weighted by Crippen LogP contribution is 2.15. The maximum absolute atomic E-state index is 12.1. The third-order valence-electron chi connectivity index (χ3n) is 2.87. The Balaban J connectivity index is 2.25. The lowest BCUT2D eigenvalue weighted by atomic mass is 10.1. The molecule has 2 aromatic rings. The van der Waals surface area contributed by atoms with Gasteiger partial charge < -0.3 is 4.98 Å². The Labute approximate surface area is 117 Å². The first-order valence-electron chi connectivity index (χ1n) is 6.47. The van der Waals surface area contributed by atoms with Gasteiger partial charge in [0.25, 0.3) is 5.56 Å². The zero-order chi connectivity index (χ0) is 13.7. The fraction of sp³-hybridized carbons (Fsp3) is 0.333. The van der Waals surface area contributed by atoms with Gasteiger partial charge in [-0.15, -0.1) is 0 Å². The summed E-state index contributed by atoms with van der Waals surface area (Å²) in [5.74, 6) is 0.973. The molecule has 1 heterocycles. The van der Waals surface area contributed by atoms with E-state index in [0.29, 0.717) is 6.42 Å². The van der Waals surface area contributed by atoms with Gasteiger partial charge in [-0.25, -0.2) is 4.98 Å². The second-order valence-corrected chi connectivity index (χ2v) is 5.53. The van der Waals surface area contributed by atoms with Crippen LogP contribution < -0.4 is 5.56 Å². The summed E-state index contributed by atoms with van der Waals surface area (Å²) >= 11 is 1.60. The number of aromatic nitrogens is 2. The molecule has 2 rings (SSSR count). The summed E-state index contributed by atoms with van der Waals surface area (Å²) in [6.07, 6.45) is 1.70. The van der Waals surface area contributed by atoms with Crippen molar-refractivity contribution in [3.8, 4) is 0 Å². The summed E-state index contributed by atoms with van der Waals surface area (Å²) in [5.41, 5.74) is 2.69. The Hall–Kier alpha value is -1.55. The smallest absolute Gasteiger partial charge is 0.255 e. The molecule has 3 nitrogen and oxygen atoms in total. The Morgan fingerprint density at radius 1 is 1.26 bits per heavy atom. The standard InChI is InChI=1S/C15H18N2OS/c1-3-9-19-15-16-11(2)13(14(18)17-15)10-12-7-5-4-6-8-12/h4-8H,3,9-10H2,1-2H3,(H,16,17,18). The molecule has 0 spiro atoms. The molecule has 0 amide bonds. The summed E-state index contributed by atoms with van der Waals surface area (Å²) < 4.78 is 0. The van der Waals surface area contributed by atoms with Crippen molar-refractivity contribution >= 4 is 11.8 Å². The molecule has 0 aliphatic rings. The van der Waals surface area contributed by atoms with Gasteiger partial charge in [0.1, 0.15) is 0 Å². The van der Waals surface area contributed by atoms with Gasteiger partial charge in [0.15, 0.2) is 5.16 Å². The first-order valence-corrected chi connectivity index (χ1v) is 7.45. The molecule has 19 heavy (non-hydrogen) atoms. The molecule has 0 bridgehead atoms. The van der Waals surface area contributed by atoms with E-state index >= 15 is 0 Å². The van der Waals surface area contributed by atoms with Gasteiger partial charge >= 0.3 is 0 Å². The maximum atomic E-state index is 12.1. The van der Waals surface area contributed by atoms with Crippen LogP contribution >= 0.6 is 11.8 Å². The van der Waals surface area contributed by atoms with Crippen molar-refractivity contribution in [2.45, 2.75) is 31.8 Å². The monoisotopic (exact) mass is 274 g/mol. The van der Waals surface area contributed by atoms with E-state index in [1.165, 1.54) is 0 Å². The van der Waals surface area contributed by atoms with Crippen molar-refractivity contribution in [2.24, 2.45) is 0 Å². The number of nitrogens with one attached hydrogen (secondary N) is 1. The number of rotatable bonds is 5. The lowest BCUT2D eigenvalue weighted by molar-refractivity contribution is 0.865. The summed E-state index contributed by atoms with van der Waals surface area (Å²) in [4.78, 5) is 19.5. The normalized spacial score (nSPS) is 10.6. The first-order chi connectivity index (χ1) is 9.20. The minimum atomic E-state index is -0.0186. The molecule has 0 atom stereocenters. The van der Waals surface area contributed by atoms with Crippen LogP contribution in [0, 0.1) is 6.92 Å². The van der Waals surface area contributed by atoms with Gasteiger partial charge in [-0.3, -0.25) is 4.79 Å². The Morgan fingerprint density at radius 2 is 2.00 bits per heavy atom. The number of hydrogen-bond donors (Lipinski definition) is 1. The van der Waals surface area contributed by atoms with E-state index in [9.17, 15) is 4.79 Å². The average Bonchev–Trinajstić information content (AvgIpc) is 2.42. The number of nitrogens with zero attached hydrogens (tertiary/aromatic N) is 1. The number of benzene rings is 1. The van der Waals surface area contributed by atoms with Crippen LogP contribution in [0.25, 0.3) is 0 Å². The van der Waals surface area contributed by atoms with Gasteiger partial charge in [0, 0.05) is 23.4 Å². The quantitative estimate of drug-likeness (QED) is 0.673. The Kier molecular flexibility index (Phi) is 4.80. The maximum Gasteiger partial charge on any atom is 0.255 e. The summed E-state index contributed by atoms with van der Waals surface area (Å²) in [6.45, 7) is 4.02. The van der Waals surface area contributed by atoms with Crippen molar-refractivity contribution in [2.75, 3.05) is 5.75 Å². The zero-order valence-corrected chi connectivity index (χ0v) is 12.1. The number of H-pyrrole nitrogens is 1. The Morgan fingerprint density at radius 3 is 2.63 bits per heavy atom. The molecule has 1 aromatic heterocycles. The molecule has 0 aliphatic carbocycles. The Bertz CT molecular complexity index is 593. The summed E-state index contributed by atoms with van der Waals surface area (Å²) in [7, 11) is 0. The predicted molar refractivity (Wildman–Crippen MR) is 79.9 cm³/mol. The fourth-order valence-electron chi connectivity index (χ4n) is 1.86. The van der Waals surface area contributed by atoms with Gasteiger partial charge in [0.2, 0.25) is 0 Å². The van der Waals surface area contributed by atoms with Crippen molar-refractivity contribution in [3.63, 3.8) is 0 Å². The molecule has 0 saturated carbocycles. The lowest BCUT2D eigenvalue weighted by Crippen LogP contribution is -2.17. The van der Waals surface area contributed by atoms with Gasteiger partial charge in [-0.1, -0.05) is 49.0 Å². The van der Waals surface area contributed by atoms with E-state index in [1.807, 2.05) is 37.3 Å². The number of thioether (sulfide) groups is 1. The highest BCUT2D eigenvalue weighted by Gasteiger charge is 2.09. The van der Waals surface area contributed by atoms with E-state index in [2.05, 4.69) is 16.9 Å². The van der Waals surface area contributed by atoms with Gasteiger partial charge in [-0.2, -0.15) is 0 Å². The van der Waals surface area contributed by atoms with Crippen LogP contribution in [0.2, 0.25) is 0 Å². The molecule has 0 unspecified atom stereocenters. The predicted octanol–water partition coefficient (Wildman–Crippen LogP) is 3.17. The molecule has 4 heteroatoms. The topological polar surface area (TPSA) is 45.8 Å². The molecule has 0 fully saturated rings. The highest BCUT2D eigenvalue weighted by atomic mass is 32.2. The molecule has 1 N–H and O–H groups in total. The van der Waals surface area contributed by atoms with Crippen LogP contribution in [-0.4, -0.2) is 15.7 Å². The van der Waals surface area contributed by atoms with Crippen LogP contribution in [0.4, 0.5) is 0 Å². The fourth-order valence-corrected chi connectivity index (χ4v) is 2.62. The van der Waals surface area contributed by atoms with Crippen molar-refractivity contribution in [3.05, 3.63) is 57.5 Å². The lowest BCUT2D eigenvalue weighted by Gasteiger charge is -2.06. The minimum Gasteiger partial charge on any atom is -0.301 e. The SMILES string of the molecule is CCCSc1nc(C)c(Cc2ccccc2)c(=O)[nH]1. The second-order valence-electron chi connectivity index (χ2n) is 4.45. The highest BCUT2D eigenvalue weighted by molar-refractivity contribution is 7.99. The third-order valence-corrected chi connectivity index (χ3v) is 3.95. The molecule has 0 radical (unpaired) electrons. The number of aryl methyl sites for hydroxylation is 1. The molecular formula is C15H18N2OS. The first kappa shape index (κ1) is 13.9. The van der Waals surface area contributed by atoms with Crippen LogP contribution in [0.15, 0.2) is 40.3 Å². The van der Waals surface area contributed by atoms with E-state index < -0.39 is 0 Å². The van der Waals surface area contributed by atoms with Crippen LogP contribution in [0.5, 0.6) is 0 Å². The largest absolute Gasteiger partial charge is 0.301 e. The minimum absolute atomic E-state index is 0.0186. The van der Waals surface area contributed by atoms with Crippen molar-refractivity contribution < 1.29 is 0 Å². The van der Waals surface area contributed by atoms with E-state index in [0.717, 1.165) is 34.2 Å². The summed E-state index contributed by atoms with van der Waals surface area (Å²) in [6, 6.07) is 10.00. The number of hydrogen-bond acceptors (Lipinski definition) is 3. The molecule has 1 aromatic carbocycles. The average molecular weight is 274 g/mol. The van der Waals surface area contributed by atoms with Crippen LogP contribution in [0.1, 0.15) is 30.2 Å². The zero-order valence-electron chi connectivity index (χ0n) is 11.3. The van der Waals surface area contributed by atoms with E-state index in [4.69, 9.17) is 0 Å². The number of aromatic amines is 1. The molecule has 100 valence electrons. The van der Waals surface area contributed by atoms with Crippen molar-refractivity contribution in [1.82, 2.24) is 9.97 Å². The second kappa shape index (κ2) is 6.57. The third kappa shape index (κ3) is 3.70. The molecule has 0 saturated heterocycles.